The second-order valence-corrected chi connectivity index (χ2v) is 7.54. The molecular formula is C18H26N2O2. The van der Waals surface area contributed by atoms with Crippen molar-refractivity contribution in [3.63, 3.8) is 0 Å². The van der Waals surface area contributed by atoms with Gasteiger partial charge in [0.15, 0.2) is 0 Å². The molecule has 2 atom stereocenters. The topological polar surface area (TPSA) is 41.6 Å². The van der Waals surface area contributed by atoms with Crippen LogP contribution in [0.25, 0.3) is 0 Å². The van der Waals surface area contributed by atoms with Crippen molar-refractivity contribution in [1.29, 1.82) is 0 Å². The molecule has 0 aliphatic carbocycles. The Labute approximate surface area is 132 Å². The molecule has 120 valence electrons. The smallest absolute Gasteiger partial charge is 0.257 e. The van der Waals surface area contributed by atoms with Crippen molar-refractivity contribution in [2.75, 3.05) is 18.5 Å². The Kier molecular flexibility index (Phi) is 3.68. The number of nitrogens with zero attached hydrogens (tertiary/aromatic N) is 1. The molecular weight excluding hydrogens is 276 g/mol. The van der Waals surface area contributed by atoms with Crippen LogP contribution in [0.15, 0.2) is 24.3 Å². The highest BCUT2D eigenvalue weighted by atomic mass is 16.5. The first-order chi connectivity index (χ1) is 10.3. The standard InChI is InChI=1S/C18H26N2O2/c1-17(2,3)18(4)19-15-10-6-5-9-14(15)16(21)20(18)12-13-8-7-11-22-13/h5-6,9-10,13,19H,7-8,11-12H2,1-4H3. The number of nitrogens with one attached hydrogen (secondary N) is 1. The van der Waals surface area contributed by atoms with Gasteiger partial charge in [0.05, 0.1) is 11.7 Å². The fraction of sp³-hybridized carbons (Fsp3) is 0.611. The molecule has 1 amide bonds. The minimum absolute atomic E-state index is 0.0993. The zero-order valence-corrected chi connectivity index (χ0v) is 14.0. The minimum atomic E-state index is -0.440. The summed E-state index contributed by atoms with van der Waals surface area (Å²) in [7, 11) is 0. The van der Waals surface area contributed by atoms with E-state index in [1.54, 1.807) is 0 Å². The molecule has 1 N–H and O–H groups in total. The number of carbonyl (C=O) groups excluding carboxylic acids is 1. The molecule has 1 aromatic rings. The van der Waals surface area contributed by atoms with Crippen LogP contribution in [-0.4, -0.2) is 35.7 Å². The summed E-state index contributed by atoms with van der Waals surface area (Å²) in [5.74, 6) is 0.0993. The fourth-order valence-corrected chi connectivity index (χ4v) is 3.31. The third-order valence-corrected chi connectivity index (χ3v) is 5.19. The molecule has 1 aromatic carbocycles. The van der Waals surface area contributed by atoms with E-state index < -0.39 is 5.66 Å². The Hall–Kier alpha value is -1.55. The summed E-state index contributed by atoms with van der Waals surface area (Å²) in [6.45, 7) is 10.1. The summed E-state index contributed by atoms with van der Waals surface area (Å²) >= 11 is 0. The molecule has 2 unspecified atom stereocenters. The number of hydrogen-bond acceptors (Lipinski definition) is 3. The maximum atomic E-state index is 13.1. The molecule has 4 heteroatoms. The van der Waals surface area contributed by atoms with Gasteiger partial charge >= 0.3 is 0 Å². The lowest BCUT2D eigenvalue weighted by molar-refractivity contribution is -0.00702. The molecule has 0 radical (unpaired) electrons. The molecule has 4 nitrogen and oxygen atoms in total. The van der Waals surface area contributed by atoms with Crippen LogP contribution in [0.3, 0.4) is 0 Å². The molecule has 1 fully saturated rings. The van der Waals surface area contributed by atoms with Crippen molar-refractivity contribution >= 4 is 11.6 Å². The first-order valence-electron chi connectivity index (χ1n) is 8.14. The average Bonchev–Trinajstić information content (AvgIpc) is 2.95. The number of anilines is 1. The molecule has 1 saturated heterocycles. The molecule has 0 bridgehead atoms. The zero-order chi connectivity index (χ0) is 16.0. The predicted molar refractivity (Wildman–Crippen MR) is 87.9 cm³/mol. The largest absolute Gasteiger partial charge is 0.376 e. The Morgan fingerprint density at radius 3 is 2.73 bits per heavy atom. The monoisotopic (exact) mass is 302 g/mol. The number of para-hydroxylation sites is 1. The molecule has 0 spiro atoms. The summed E-state index contributed by atoms with van der Waals surface area (Å²) in [4.78, 5) is 15.1. The van der Waals surface area contributed by atoms with Gasteiger partial charge in [-0.25, -0.2) is 0 Å². The maximum Gasteiger partial charge on any atom is 0.257 e. The van der Waals surface area contributed by atoms with E-state index in [2.05, 4.69) is 33.0 Å². The van der Waals surface area contributed by atoms with Crippen LogP contribution in [0.4, 0.5) is 5.69 Å². The van der Waals surface area contributed by atoms with Gasteiger partial charge in [0.1, 0.15) is 5.66 Å². The van der Waals surface area contributed by atoms with E-state index in [4.69, 9.17) is 4.74 Å². The highest BCUT2D eigenvalue weighted by Crippen LogP contribution is 2.42. The fourth-order valence-electron chi connectivity index (χ4n) is 3.31. The van der Waals surface area contributed by atoms with E-state index >= 15 is 0 Å². The third-order valence-electron chi connectivity index (χ3n) is 5.19. The van der Waals surface area contributed by atoms with E-state index in [9.17, 15) is 4.79 Å². The first-order valence-corrected chi connectivity index (χ1v) is 8.14. The maximum absolute atomic E-state index is 13.1. The van der Waals surface area contributed by atoms with E-state index in [-0.39, 0.29) is 17.4 Å². The quantitative estimate of drug-likeness (QED) is 0.909. The van der Waals surface area contributed by atoms with Crippen LogP contribution in [0.5, 0.6) is 0 Å². The number of fused-ring (bicyclic) bond motifs is 1. The van der Waals surface area contributed by atoms with Crippen LogP contribution in [0, 0.1) is 5.41 Å². The van der Waals surface area contributed by atoms with E-state index in [0.29, 0.717) is 6.54 Å². The molecule has 3 rings (SSSR count). The zero-order valence-electron chi connectivity index (χ0n) is 14.0. The Morgan fingerprint density at radius 2 is 2.09 bits per heavy atom. The predicted octanol–water partition coefficient (Wildman–Crippen LogP) is 3.50. The highest BCUT2D eigenvalue weighted by Gasteiger charge is 2.49. The lowest BCUT2D eigenvalue weighted by Gasteiger charge is -2.54. The van der Waals surface area contributed by atoms with Gasteiger partial charge in [-0.3, -0.25) is 4.79 Å². The second-order valence-electron chi connectivity index (χ2n) is 7.54. The summed E-state index contributed by atoms with van der Waals surface area (Å²) in [5, 5.41) is 3.62. The van der Waals surface area contributed by atoms with Crippen molar-refractivity contribution in [2.45, 2.75) is 52.3 Å². The Bertz CT molecular complexity index is 573. The van der Waals surface area contributed by atoms with E-state index in [1.165, 1.54) is 0 Å². The van der Waals surface area contributed by atoms with Crippen LogP contribution >= 0.6 is 0 Å². The van der Waals surface area contributed by atoms with Gasteiger partial charge in [0.2, 0.25) is 0 Å². The van der Waals surface area contributed by atoms with Crippen LogP contribution < -0.4 is 5.32 Å². The lowest BCUT2D eigenvalue weighted by Crippen LogP contribution is -2.65. The molecule has 0 aromatic heterocycles. The van der Waals surface area contributed by atoms with Crippen LogP contribution in [0.1, 0.15) is 50.9 Å². The summed E-state index contributed by atoms with van der Waals surface area (Å²) in [6, 6.07) is 7.77. The van der Waals surface area contributed by atoms with Crippen molar-refractivity contribution in [3.05, 3.63) is 29.8 Å². The van der Waals surface area contributed by atoms with Gasteiger partial charge < -0.3 is 15.0 Å². The molecule has 2 heterocycles. The van der Waals surface area contributed by atoms with Crippen LogP contribution in [-0.2, 0) is 4.74 Å². The molecule has 2 aliphatic rings. The van der Waals surface area contributed by atoms with E-state index in [0.717, 1.165) is 30.7 Å². The van der Waals surface area contributed by atoms with Gasteiger partial charge in [-0.15, -0.1) is 0 Å². The van der Waals surface area contributed by atoms with Crippen molar-refractivity contribution in [1.82, 2.24) is 4.90 Å². The number of benzene rings is 1. The molecule has 22 heavy (non-hydrogen) atoms. The number of amides is 1. The number of hydrogen-bond donors (Lipinski definition) is 1. The second kappa shape index (κ2) is 5.27. The average molecular weight is 302 g/mol. The Balaban J connectivity index is 2.00. The lowest BCUT2D eigenvalue weighted by atomic mass is 9.78. The van der Waals surface area contributed by atoms with Crippen molar-refractivity contribution in [3.8, 4) is 0 Å². The van der Waals surface area contributed by atoms with E-state index in [1.807, 2.05) is 29.2 Å². The SMILES string of the molecule is CC(C)(C)C1(C)Nc2ccccc2C(=O)N1CC1CCCO1. The minimum Gasteiger partial charge on any atom is -0.376 e. The number of carbonyl (C=O) groups is 1. The molecule has 0 saturated carbocycles. The summed E-state index contributed by atoms with van der Waals surface area (Å²) < 4.78 is 5.78. The van der Waals surface area contributed by atoms with Crippen molar-refractivity contribution < 1.29 is 9.53 Å². The highest BCUT2D eigenvalue weighted by molar-refractivity contribution is 6.02. The first kappa shape index (κ1) is 15.3. The van der Waals surface area contributed by atoms with Gasteiger partial charge in [-0.05, 0) is 31.9 Å². The third kappa shape index (κ3) is 2.39. The van der Waals surface area contributed by atoms with Gasteiger partial charge in [0, 0.05) is 24.3 Å². The van der Waals surface area contributed by atoms with Crippen LogP contribution in [0.2, 0.25) is 0 Å². The Morgan fingerprint density at radius 1 is 1.36 bits per heavy atom. The van der Waals surface area contributed by atoms with Crippen molar-refractivity contribution in [2.24, 2.45) is 5.41 Å². The van der Waals surface area contributed by atoms with Gasteiger partial charge in [-0.2, -0.15) is 0 Å². The molecule has 2 aliphatic heterocycles. The number of ether oxygens (including phenoxy) is 1. The van der Waals surface area contributed by atoms with Gasteiger partial charge in [-0.1, -0.05) is 32.9 Å². The van der Waals surface area contributed by atoms with Gasteiger partial charge in [0.25, 0.3) is 5.91 Å². The number of rotatable bonds is 2. The summed E-state index contributed by atoms with van der Waals surface area (Å²) in [6.07, 6.45) is 2.27. The normalized spacial score (nSPS) is 28.5. The summed E-state index contributed by atoms with van der Waals surface area (Å²) in [5.41, 5.74) is 1.13.